The number of carbonyl (C=O) groups is 1. The molecule has 0 aliphatic rings. The quantitative estimate of drug-likeness (QED) is 0.701. The number of rotatable bonds is 5. The van der Waals surface area contributed by atoms with Crippen molar-refractivity contribution >= 4 is 39.8 Å². The number of amides is 2. The van der Waals surface area contributed by atoms with Crippen molar-refractivity contribution in [3.8, 4) is 0 Å². The van der Waals surface area contributed by atoms with Crippen molar-refractivity contribution in [2.75, 3.05) is 30.9 Å². The van der Waals surface area contributed by atoms with Crippen LogP contribution in [-0.4, -0.2) is 40.8 Å². The second-order valence-corrected chi connectivity index (χ2v) is 7.58. The highest BCUT2D eigenvalue weighted by atomic mass is 32.1. The van der Waals surface area contributed by atoms with E-state index in [4.69, 9.17) is 0 Å². The number of urea groups is 1. The van der Waals surface area contributed by atoms with Crippen LogP contribution in [0.15, 0.2) is 22.4 Å². The number of hydrogen-bond acceptors (Lipinski definition) is 5. The lowest BCUT2D eigenvalue weighted by Gasteiger charge is -2.19. The van der Waals surface area contributed by atoms with Gasteiger partial charge in [0.1, 0.15) is 0 Å². The Balaban J connectivity index is 1.79. The van der Waals surface area contributed by atoms with E-state index in [0.29, 0.717) is 12.2 Å². The fourth-order valence-electron chi connectivity index (χ4n) is 3.03. The van der Waals surface area contributed by atoms with Crippen LogP contribution in [0.4, 0.5) is 16.2 Å². The average Bonchev–Trinajstić information content (AvgIpc) is 3.12. The Morgan fingerprint density at radius 1 is 1.22 bits per heavy atom. The van der Waals surface area contributed by atoms with E-state index in [1.807, 2.05) is 43.6 Å². The van der Waals surface area contributed by atoms with Crippen molar-refractivity contribution in [1.82, 2.24) is 19.4 Å². The van der Waals surface area contributed by atoms with Crippen molar-refractivity contribution < 1.29 is 4.79 Å². The summed E-state index contributed by atoms with van der Waals surface area (Å²) in [4.78, 5) is 31.9. The van der Waals surface area contributed by atoms with E-state index < -0.39 is 0 Å². The molecule has 0 atom stereocenters. The molecule has 3 rings (SSSR count). The molecule has 9 heteroatoms. The molecule has 0 aliphatic heterocycles. The van der Waals surface area contributed by atoms with Gasteiger partial charge in [0.15, 0.2) is 0 Å². The lowest BCUT2D eigenvalue weighted by atomic mass is 10.2. The number of anilines is 2. The van der Waals surface area contributed by atoms with Crippen molar-refractivity contribution in [2.24, 2.45) is 14.1 Å². The number of carbonyl (C=O) groups excluding carboxylic acids is 1. The van der Waals surface area contributed by atoms with E-state index in [9.17, 15) is 9.59 Å². The zero-order chi connectivity index (χ0) is 19.7. The van der Waals surface area contributed by atoms with Gasteiger partial charge in [-0.1, -0.05) is 0 Å². The second kappa shape index (κ2) is 7.43. The van der Waals surface area contributed by atoms with Gasteiger partial charge in [0.2, 0.25) is 0 Å². The Kier molecular flexibility index (Phi) is 5.22. The first-order valence-electron chi connectivity index (χ1n) is 8.60. The molecule has 3 aromatic rings. The Morgan fingerprint density at radius 3 is 2.48 bits per heavy atom. The van der Waals surface area contributed by atoms with E-state index in [0.717, 1.165) is 28.8 Å². The molecule has 0 unspecified atom stereocenters. The molecule has 2 aromatic heterocycles. The minimum absolute atomic E-state index is 0.101. The van der Waals surface area contributed by atoms with E-state index in [-0.39, 0.29) is 11.7 Å². The van der Waals surface area contributed by atoms with Crippen LogP contribution in [-0.2, 0) is 20.5 Å². The van der Waals surface area contributed by atoms with Gasteiger partial charge in [0.05, 0.1) is 33.6 Å². The molecule has 0 fully saturated rings. The van der Waals surface area contributed by atoms with E-state index in [1.54, 1.807) is 34.6 Å². The number of fused-ring (bicyclic) bond motifs is 1. The topological polar surface area (TPSA) is 84.2 Å². The van der Waals surface area contributed by atoms with Gasteiger partial charge in [-0.2, -0.15) is 0 Å². The average molecular weight is 388 g/mol. The highest BCUT2D eigenvalue weighted by Gasteiger charge is 2.15. The smallest absolute Gasteiger partial charge is 0.328 e. The minimum Gasteiger partial charge on any atom is -0.376 e. The van der Waals surface area contributed by atoms with Crippen LogP contribution in [0.3, 0.4) is 0 Å². The Labute approximate surface area is 161 Å². The Bertz CT molecular complexity index is 1050. The number of nitrogens with one attached hydrogen (secondary N) is 2. The molecular formula is C18H24N6O2S. The molecule has 0 radical (unpaired) electrons. The van der Waals surface area contributed by atoms with Gasteiger partial charge in [-0.25, -0.2) is 14.6 Å². The molecule has 2 heterocycles. The standard InChI is InChI=1S/C18H24N6O2S/c1-11-16(27-10-20-11)6-7-19-17(25)21-12-8-14-15(9-13(12)22(2)3)24(5)18(26)23(14)4/h8-10H,6-7H2,1-5H3,(H2,19,21,25). The van der Waals surface area contributed by atoms with Crippen LogP contribution in [0, 0.1) is 6.92 Å². The predicted molar refractivity (Wildman–Crippen MR) is 110 cm³/mol. The first-order chi connectivity index (χ1) is 12.8. The molecule has 8 nitrogen and oxygen atoms in total. The summed E-state index contributed by atoms with van der Waals surface area (Å²) in [5.74, 6) is 0. The molecule has 0 aliphatic carbocycles. The molecule has 27 heavy (non-hydrogen) atoms. The summed E-state index contributed by atoms with van der Waals surface area (Å²) in [7, 11) is 7.27. The van der Waals surface area contributed by atoms with Gasteiger partial charge in [0, 0.05) is 46.0 Å². The number of thiazole rings is 1. The maximum Gasteiger partial charge on any atom is 0.328 e. The fraction of sp³-hybridized carbons (Fsp3) is 0.389. The normalized spacial score (nSPS) is 11.0. The first kappa shape index (κ1) is 19.0. The van der Waals surface area contributed by atoms with Gasteiger partial charge in [0.25, 0.3) is 0 Å². The maximum absolute atomic E-state index is 12.4. The first-order valence-corrected chi connectivity index (χ1v) is 9.48. The summed E-state index contributed by atoms with van der Waals surface area (Å²) in [6.45, 7) is 2.49. The highest BCUT2D eigenvalue weighted by molar-refractivity contribution is 7.09. The molecule has 0 saturated heterocycles. The summed E-state index contributed by atoms with van der Waals surface area (Å²) >= 11 is 1.59. The summed E-state index contributed by atoms with van der Waals surface area (Å²) in [5, 5.41) is 5.78. The zero-order valence-electron chi connectivity index (χ0n) is 16.2. The largest absolute Gasteiger partial charge is 0.376 e. The predicted octanol–water partition coefficient (Wildman–Crippen LogP) is 2.07. The van der Waals surface area contributed by atoms with Crippen LogP contribution in [0.5, 0.6) is 0 Å². The summed E-state index contributed by atoms with van der Waals surface area (Å²) < 4.78 is 3.17. The second-order valence-electron chi connectivity index (χ2n) is 6.64. The third-order valence-corrected chi connectivity index (χ3v) is 5.60. The molecular weight excluding hydrogens is 364 g/mol. The van der Waals surface area contributed by atoms with Gasteiger partial charge >= 0.3 is 11.7 Å². The molecule has 0 spiro atoms. The number of hydrogen-bond donors (Lipinski definition) is 2. The monoisotopic (exact) mass is 388 g/mol. The number of aromatic nitrogens is 3. The van der Waals surface area contributed by atoms with Crippen LogP contribution in [0.2, 0.25) is 0 Å². The van der Waals surface area contributed by atoms with Gasteiger partial charge in [-0.05, 0) is 19.1 Å². The Morgan fingerprint density at radius 2 is 1.89 bits per heavy atom. The van der Waals surface area contributed by atoms with Crippen molar-refractivity contribution in [1.29, 1.82) is 0 Å². The number of imidazole rings is 1. The van der Waals surface area contributed by atoms with Crippen molar-refractivity contribution in [2.45, 2.75) is 13.3 Å². The zero-order valence-corrected chi connectivity index (χ0v) is 17.0. The lowest BCUT2D eigenvalue weighted by molar-refractivity contribution is 0.252. The maximum atomic E-state index is 12.4. The van der Waals surface area contributed by atoms with Crippen LogP contribution in [0.1, 0.15) is 10.6 Å². The number of nitrogens with zero attached hydrogens (tertiary/aromatic N) is 4. The fourth-order valence-corrected chi connectivity index (χ4v) is 3.81. The summed E-state index contributed by atoms with van der Waals surface area (Å²) in [6, 6.07) is 3.46. The minimum atomic E-state index is -0.277. The number of benzene rings is 1. The molecule has 2 amide bonds. The van der Waals surface area contributed by atoms with Crippen LogP contribution < -0.4 is 21.2 Å². The third-order valence-electron chi connectivity index (χ3n) is 4.60. The molecule has 0 bridgehead atoms. The summed E-state index contributed by atoms with van der Waals surface area (Å²) in [5.41, 5.74) is 5.79. The van der Waals surface area contributed by atoms with E-state index in [1.165, 1.54) is 4.88 Å². The SMILES string of the molecule is Cc1ncsc1CCNC(=O)Nc1cc2c(cc1N(C)C)n(C)c(=O)n2C. The molecule has 1 aromatic carbocycles. The molecule has 144 valence electrons. The number of aryl methyl sites for hydroxylation is 3. The highest BCUT2D eigenvalue weighted by Crippen LogP contribution is 2.29. The van der Waals surface area contributed by atoms with Crippen LogP contribution >= 0.6 is 11.3 Å². The van der Waals surface area contributed by atoms with E-state index in [2.05, 4.69) is 15.6 Å². The van der Waals surface area contributed by atoms with Gasteiger partial charge in [-0.15, -0.1) is 11.3 Å². The summed E-state index contributed by atoms with van der Waals surface area (Å²) in [6.07, 6.45) is 0.747. The van der Waals surface area contributed by atoms with E-state index >= 15 is 0 Å². The van der Waals surface area contributed by atoms with Gasteiger partial charge < -0.3 is 15.5 Å². The lowest BCUT2D eigenvalue weighted by Crippen LogP contribution is -2.31. The van der Waals surface area contributed by atoms with Gasteiger partial charge in [-0.3, -0.25) is 9.13 Å². The molecule has 0 saturated carbocycles. The third kappa shape index (κ3) is 3.68. The molecule has 2 N–H and O–H groups in total. The Hall–Kier alpha value is -2.81. The van der Waals surface area contributed by atoms with Crippen molar-refractivity contribution in [3.63, 3.8) is 0 Å². The van der Waals surface area contributed by atoms with Crippen molar-refractivity contribution in [3.05, 3.63) is 38.7 Å². The van der Waals surface area contributed by atoms with Crippen LogP contribution in [0.25, 0.3) is 11.0 Å².